The summed E-state index contributed by atoms with van der Waals surface area (Å²) >= 11 is 1.09. The van der Waals surface area contributed by atoms with Gasteiger partial charge in [-0.2, -0.15) is 4.31 Å². The SMILES string of the molecule is COc1ccc(C(c2ccc(OC)cc2)N2SOCC2(C)C(=O)O)cc1. The molecule has 2 aromatic carbocycles. The zero-order valence-electron chi connectivity index (χ0n) is 14.8. The van der Waals surface area contributed by atoms with Gasteiger partial charge in [0.05, 0.1) is 39.1 Å². The zero-order valence-corrected chi connectivity index (χ0v) is 15.7. The summed E-state index contributed by atoms with van der Waals surface area (Å²) in [5.74, 6) is 0.566. The Labute approximate surface area is 157 Å². The summed E-state index contributed by atoms with van der Waals surface area (Å²) in [6.45, 7) is 1.78. The van der Waals surface area contributed by atoms with Crippen molar-refractivity contribution in [3.8, 4) is 11.5 Å². The molecule has 1 unspecified atom stereocenters. The molecule has 1 atom stereocenters. The Hall–Kier alpha value is -2.22. The second-order valence-corrected chi connectivity index (χ2v) is 6.97. The summed E-state index contributed by atoms with van der Waals surface area (Å²) in [4.78, 5) is 11.9. The van der Waals surface area contributed by atoms with Crippen LogP contribution in [0.2, 0.25) is 0 Å². The third-order valence-corrected chi connectivity index (χ3v) is 5.52. The molecule has 0 aliphatic carbocycles. The Balaban J connectivity index is 2.07. The summed E-state index contributed by atoms with van der Waals surface area (Å²) < 4.78 is 17.7. The lowest BCUT2D eigenvalue weighted by atomic mass is 9.93. The Morgan fingerprint density at radius 3 is 1.92 bits per heavy atom. The highest BCUT2D eigenvalue weighted by Crippen LogP contribution is 2.45. The zero-order chi connectivity index (χ0) is 18.7. The molecule has 0 radical (unpaired) electrons. The van der Waals surface area contributed by atoms with Crippen molar-refractivity contribution in [1.29, 1.82) is 0 Å². The van der Waals surface area contributed by atoms with Crippen molar-refractivity contribution in [1.82, 2.24) is 4.31 Å². The molecule has 0 saturated carbocycles. The minimum Gasteiger partial charge on any atom is -0.497 e. The molecule has 1 saturated heterocycles. The number of aliphatic carboxylic acids is 1. The van der Waals surface area contributed by atoms with E-state index >= 15 is 0 Å². The third kappa shape index (κ3) is 3.38. The van der Waals surface area contributed by atoms with Crippen LogP contribution >= 0.6 is 12.2 Å². The minimum atomic E-state index is -1.14. The highest BCUT2D eigenvalue weighted by atomic mass is 32.2. The fourth-order valence-electron chi connectivity index (χ4n) is 2.86. The Morgan fingerprint density at radius 1 is 1.08 bits per heavy atom. The molecule has 6 nitrogen and oxygen atoms in total. The number of rotatable bonds is 6. The third-order valence-electron chi connectivity index (χ3n) is 4.52. The van der Waals surface area contributed by atoms with Gasteiger partial charge in [-0.15, -0.1) is 0 Å². The van der Waals surface area contributed by atoms with Gasteiger partial charge in [0.2, 0.25) is 0 Å². The van der Waals surface area contributed by atoms with Crippen molar-refractivity contribution in [3.63, 3.8) is 0 Å². The van der Waals surface area contributed by atoms with E-state index in [9.17, 15) is 9.90 Å². The molecule has 2 aromatic rings. The summed E-state index contributed by atoms with van der Waals surface area (Å²) in [7, 11) is 3.23. The predicted octanol–water partition coefficient (Wildman–Crippen LogP) is 3.53. The summed E-state index contributed by atoms with van der Waals surface area (Å²) in [6.07, 6.45) is 0. The van der Waals surface area contributed by atoms with Crippen LogP contribution < -0.4 is 9.47 Å². The van der Waals surface area contributed by atoms with E-state index in [4.69, 9.17) is 13.7 Å². The molecule has 1 fully saturated rings. The largest absolute Gasteiger partial charge is 0.497 e. The van der Waals surface area contributed by atoms with Gasteiger partial charge in [-0.05, 0) is 42.3 Å². The van der Waals surface area contributed by atoms with Crippen LogP contribution in [0.4, 0.5) is 0 Å². The maximum Gasteiger partial charge on any atom is 0.327 e. The van der Waals surface area contributed by atoms with Crippen molar-refractivity contribution in [3.05, 3.63) is 59.7 Å². The van der Waals surface area contributed by atoms with Gasteiger partial charge in [0, 0.05) is 0 Å². The van der Waals surface area contributed by atoms with Crippen LogP contribution in [0.25, 0.3) is 0 Å². The topological polar surface area (TPSA) is 68.2 Å². The van der Waals surface area contributed by atoms with Crippen molar-refractivity contribution >= 4 is 18.2 Å². The molecule has 0 bridgehead atoms. The van der Waals surface area contributed by atoms with E-state index in [1.807, 2.05) is 48.5 Å². The number of nitrogens with zero attached hydrogens (tertiary/aromatic N) is 1. The van der Waals surface area contributed by atoms with Crippen molar-refractivity contribution in [2.75, 3.05) is 20.8 Å². The second-order valence-electron chi connectivity index (χ2n) is 6.19. The van der Waals surface area contributed by atoms with E-state index in [-0.39, 0.29) is 12.6 Å². The molecule has 0 spiro atoms. The van der Waals surface area contributed by atoms with Gasteiger partial charge < -0.3 is 14.6 Å². The molecule has 0 amide bonds. The first-order chi connectivity index (χ1) is 12.5. The summed E-state index contributed by atoms with van der Waals surface area (Å²) in [5, 5.41) is 9.77. The first kappa shape index (κ1) is 18.6. The smallest absolute Gasteiger partial charge is 0.327 e. The fourth-order valence-corrected chi connectivity index (χ4v) is 3.88. The number of carboxylic acid groups (broad SMARTS) is 1. The van der Waals surface area contributed by atoms with Crippen LogP contribution in [-0.4, -0.2) is 41.7 Å². The van der Waals surface area contributed by atoms with E-state index in [0.717, 1.165) is 34.9 Å². The molecule has 138 valence electrons. The Morgan fingerprint density at radius 2 is 1.54 bits per heavy atom. The van der Waals surface area contributed by atoms with Crippen LogP contribution in [0, 0.1) is 0 Å². The lowest BCUT2D eigenvalue weighted by Crippen LogP contribution is -2.49. The number of hydrogen-bond acceptors (Lipinski definition) is 6. The minimum absolute atomic E-state index is 0.107. The van der Waals surface area contributed by atoms with E-state index in [0.29, 0.717) is 0 Å². The molecule has 0 aromatic heterocycles. The summed E-state index contributed by atoms with van der Waals surface area (Å²) in [5.41, 5.74) is 0.748. The van der Waals surface area contributed by atoms with E-state index in [1.54, 1.807) is 25.4 Å². The van der Waals surface area contributed by atoms with Crippen LogP contribution in [-0.2, 0) is 8.98 Å². The monoisotopic (exact) mass is 375 g/mol. The van der Waals surface area contributed by atoms with Gasteiger partial charge in [-0.3, -0.25) is 8.98 Å². The highest BCUT2D eigenvalue weighted by molar-refractivity contribution is 7.92. The maximum absolute atomic E-state index is 11.9. The first-order valence-corrected chi connectivity index (χ1v) is 8.79. The Bertz CT molecular complexity index is 717. The quantitative estimate of drug-likeness (QED) is 0.612. The molecule has 3 rings (SSSR count). The van der Waals surface area contributed by atoms with Crippen molar-refractivity contribution in [2.45, 2.75) is 18.5 Å². The fraction of sp³-hybridized carbons (Fsp3) is 0.316. The van der Waals surface area contributed by atoms with Crippen LogP contribution in [0.3, 0.4) is 0 Å². The molecule has 1 aliphatic rings. The first-order valence-electron chi connectivity index (χ1n) is 8.10. The summed E-state index contributed by atoms with van der Waals surface area (Å²) in [6, 6.07) is 14.9. The van der Waals surface area contributed by atoms with E-state index < -0.39 is 11.5 Å². The van der Waals surface area contributed by atoms with Crippen LogP contribution in [0.5, 0.6) is 11.5 Å². The molecule has 7 heteroatoms. The number of hydrogen-bond donors (Lipinski definition) is 1. The van der Waals surface area contributed by atoms with Crippen LogP contribution in [0.1, 0.15) is 24.1 Å². The molecule has 26 heavy (non-hydrogen) atoms. The van der Waals surface area contributed by atoms with Gasteiger partial charge in [0.15, 0.2) is 5.54 Å². The van der Waals surface area contributed by atoms with Crippen LogP contribution in [0.15, 0.2) is 48.5 Å². The Kier molecular flexibility index (Phi) is 5.41. The normalized spacial score (nSPS) is 20.3. The molecular weight excluding hydrogens is 354 g/mol. The lowest BCUT2D eigenvalue weighted by Gasteiger charge is -2.34. The average Bonchev–Trinajstić information content (AvgIpc) is 3.06. The molecule has 1 heterocycles. The average molecular weight is 375 g/mol. The second kappa shape index (κ2) is 7.57. The molecule has 1 aliphatic heterocycles. The lowest BCUT2D eigenvalue weighted by molar-refractivity contribution is -0.147. The number of ether oxygens (including phenoxy) is 2. The van der Waals surface area contributed by atoms with Gasteiger partial charge in [-0.1, -0.05) is 24.3 Å². The highest BCUT2D eigenvalue weighted by Gasteiger charge is 2.50. The predicted molar refractivity (Wildman–Crippen MR) is 99.3 cm³/mol. The number of carboxylic acids is 1. The van der Waals surface area contributed by atoms with Crippen molar-refractivity contribution < 1.29 is 23.6 Å². The van der Waals surface area contributed by atoms with Gasteiger partial charge in [0.1, 0.15) is 11.5 Å². The molecule has 1 N–H and O–H groups in total. The molecular formula is C19H21NO5S. The van der Waals surface area contributed by atoms with Gasteiger partial charge in [-0.25, -0.2) is 0 Å². The number of carbonyl (C=O) groups is 1. The standard InChI is InChI=1S/C19H21NO5S/c1-19(18(21)22)12-25-26-20(19)17(13-4-8-15(23-2)9-5-13)14-6-10-16(24-3)11-7-14/h4-11,17H,12H2,1-3H3,(H,21,22). The van der Waals surface area contributed by atoms with Crippen molar-refractivity contribution in [2.24, 2.45) is 0 Å². The van der Waals surface area contributed by atoms with E-state index in [2.05, 4.69) is 0 Å². The van der Waals surface area contributed by atoms with E-state index in [1.165, 1.54) is 0 Å². The van der Waals surface area contributed by atoms with Gasteiger partial charge >= 0.3 is 5.97 Å². The maximum atomic E-state index is 11.9. The van der Waals surface area contributed by atoms with Gasteiger partial charge in [0.25, 0.3) is 0 Å². The number of methoxy groups -OCH3 is 2. The number of benzene rings is 2.